The summed E-state index contributed by atoms with van der Waals surface area (Å²) >= 11 is 0. The van der Waals surface area contributed by atoms with Gasteiger partial charge in [-0.25, -0.2) is 4.79 Å². The minimum Gasteiger partial charge on any atom is -0.383 e. The smallest absolute Gasteiger partial charge is 0.317 e. The molecule has 0 radical (unpaired) electrons. The second-order valence-corrected chi connectivity index (χ2v) is 4.28. The number of ether oxygens (including phenoxy) is 1. The number of nitrogens with zero attached hydrogens (tertiary/aromatic N) is 1. The number of carbonyl (C=O) groups is 1. The normalized spacial score (nSPS) is 14.7. The highest BCUT2D eigenvalue weighted by molar-refractivity contribution is 5.76. The second kappa shape index (κ2) is 6.26. The molecule has 5 heteroatoms. The van der Waals surface area contributed by atoms with Gasteiger partial charge in [0.1, 0.15) is 0 Å². The quantitative estimate of drug-likeness (QED) is 0.798. The fourth-order valence-corrected chi connectivity index (χ4v) is 2.00. The summed E-state index contributed by atoms with van der Waals surface area (Å²) in [5, 5.41) is 6.10. The molecule has 0 aliphatic carbocycles. The van der Waals surface area contributed by atoms with Crippen LogP contribution in [0.25, 0.3) is 0 Å². The van der Waals surface area contributed by atoms with Crippen molar-refractivity contribution in [1.29, 1.82) is 0 Å². The van der Waals surface area contributed by atoms with Gasteiger partial charge >= 0.3 is 6.03 Å². The summed E-state index contributed by atoms with van der Waals surface area (Å²) in [6, 6.07) is 8.14. The van der Waals surface area contributed by atoms with Crippen LogP contribution >= 0.6 is 0 Å². The monoisotopic (exact) mass is 249 g/mol. The van der Waals surface area contributed by atoms with Gasteiger partial charge in [-0.05, 0) is 17.7 Å². The van der Waals surface area contributed by atoms with Crippen molar-refractivity contribution in [2.45, 2.75) is 6.61 Å². The molecule has 1 saturated heterocycles. The number of benzene rings is 1. The topological polar surface area (TPSA) is 53.6 Å². The van der Waals surface area contributed by atoms with E-state index in [1.54, 1.807) is 7.11 Å². The van der Waals surface area contributed by atoms with Gasteiger partial charge in [-0.15, -0.1) is 0 Å². The fourth-order valence-electron chi connectivity index (χ4n) is 2.00. The number of rotatable bonds is 6. The first-order valence-corrected chi connectivity index (χ1v) is 6.14. The van der Waals surface area contributed by atoms with Crippen LogP contribution in [0.5, 0.6) is 0 Å². The van der Waals surface area contributed by atoms with E-state index >= 15 is 0 Å². The van der Waals surface area contributed by atoms with E-state index in [-0.39, 0.29) is 6.03 Å². The third-order valence-corrected chi connectivity index (χ3v) is 2.89. The lowest BCUT2D eigenvalue weighted by molar-refractivity contribution is 0.185. The highest BCUT2D eigenvalue weighted by atomic mass is 16.5. The van der Waals surface area contributed by atoms with Crippen LogP contribution in [0.4, 0.5) is 10.5 Å². The van der Waals surface area contributed by atoms with E-state index in [0.29, 0.717) is 6.61 Å². The van der Waals surface area contributed by atoms with Gasteiger partial charge in [0.25, 0.3) is 0 Å². The van der Waals surface area contributed by atoms with Gasteiger partial charge in [0, 0.05) is 39.0 Å². The number of hydrogen-bond donors (Lipinski definition) is 2. The first-order valence-electron chi connectivity index (χ1n) is 6.14. The maximum Gasteiger partial charge on any atom is 0.317 e. The molecule has 1 aliphatic heterocycles. The fraction of sp³-hybridized carbons (Fsp3) is 0.462. The summed E-state index contributed by atoms with van der Waals surface area (Å²) in [5.41, 5.74) is 2.20. The van der Waals surface area contributed by atoms with Crippen molar-refractivity contribution in [1.82, 2.24) is 10.2 Å². The molecule has 1 aliphatic rings. The molecule has 0 atom stereocenters. The van der Waals surface area contributed by atoms with Crippen molar-refractivity contribution in [3.63, 3.8) is 0 Å². The van der Waals surface area contributed by atoms with Gasteiger partial charge in [-0.2, -0.15) is 0 Å². The third kappa shape index (κ3) is 3.37. The summed E-state index contributed by atoms with van der Waals surface area (Å²) < 4.78 is 5.09. The van der Waals surface area contributed by atoms with Gasteiger partial charge in [0.2, 0.25) is 0 Å². The lowest BCUT2D eigenvalue weighted by atomic mass is 10.2. The number of nitrogens with one attached hydrogen (secondary N) is 2. The molecule has 0 spiro atoms. The highest BCUT2D eigenvalue weighted by Gasteiger charge is 2.18. The number of amides is 2. The Morgan fingerprint density at radius 3 is 3.11 bits per heavy atom. The van der Waals surface area contributed by atoms with Crippen LogP contribution in [0.1, 0.15) is 5.56 Å². The van der Waals surface area contributed by atoms with Crippen molar-refractivity contribution in [3.05, 3.63) is 29.8 Å². The van der Waals surface area contributed by atoms with Crippen molar-refractivity contribution >= 4 is 11.7 Å². The molecule has 1 heterocycles. The van der Waals surface area contributed by atoms with Crippen LogP contribution in [0, 0.1) is 0 Å². The van der Waals surface area contributed by atoms with Crippen LogP contribution < -0.4 is 10.6 Å². The Kier molecular flexibility index (Phi) is 4.41. The van der Waals surface area contributed by atoms with Crippen LogP contribution in [0.3, 0.4) is 0 Å². The molecule has 0 aromatic heterocycles. The Labute approximate surface area is 107 Å². The lowest BCUT2D eigenvalue weighted by Crippen LogP contribution is -2.32. The molecular formula is C13H19N3O2. The molecule has 1 fully saturated rings. The minimum atomic E-state index is 0.0323. The summed E-state index contributed by atoms with van der Waals surface area (Å²) in [7, 11) is 1.69. The number of anilines is 1. The van der Waals surface area contributed by atoms with Crippen LogP contribution in [0.15, 0.2) is 24.3 Å². The number of urea groups is 1. The molecule has 0 saturated carbocycles. The summed E-state index contributed by atoms with van der Waals surface area (Å²) in [4.78, 5) is 13.1. The van der Waals surface area contributed by atoms with E-state index in [9.17, 15) is 4.79 Å². The minimum absolute atomic E-state index is 0.0323. The van der Waals surface area contributed by atoms with E-state index in [1.807, 2.05) is 23.1 Å². The standard InChI is InChI=1S/C13H19N3O2/c1-18-10-11-3-2-4-12(9-11)14-5-7-16-8-6-15-13(16)17/h2-4,9,14H,5-8,10H2,1H3,(H,15,17). The molecule has 5 nitrogen and oxygen atoms in total. The Balaban J connectivity index is 1.79. The Morgan fingerprint density at radius 2 is 2.39 bits per heavy atom. The van der Waals surface area contributed by atoms with E-state index in [1.165, 1.54) is 0 Å². The zero-order valence-electron chi connectivity index (χ0n) is 10.6. The molecule has 2 amide bonds. The van der Waals surface area contributed by atoms with Crippen molar-refractivity contribution in [3.8, 4) is 0 Å². The molecule has 0 bridgehead atoms. The van der Waals surface area contributed by atoms with E-state index in [2.05, 4.69) is 16.7 Å². The largest absolute Gasteiger partial charge is 0.383 e. The summed E-state index contributed by atoms with van der Waals surface area (Å²) in [5.74, 6) is 0. The SMILES string of the molecule is COCc1cccc(NCCN2CCNC2=O)c1. The molecule has 2 N–H and O–H groups in total. The zero-order chi connectivity index (χ0) is 12.8. The van der Waals surface area contributed by atoms with Gasteiger partial charge in [-0.3, -0.25) is 0 Å². The average Bonchev–Trinajstić information content (AvgIpc) is 2.76. The van der Waals surface area contributed by atoms with Crippen LogP contribution in [-0.2, 0) is 11.3 Å². The van der Waals surface area contributed by atoms with E-state index in [4.69, 9.17) is 4.74 Å². The van der Waals surface area contributed by atoms with Crippen molar-refractivity contribution in [2.75, 3.05) is 38.6 Å². The summed E-state index contributed by atoms with van der Waals surface area (Å²) in [6.45, 7) is 3.64. The predicted molar refractivity (Wildman–Crippen MR) is 70.6 cm³/mol. The molecule has 18 heavy (non-hydrogen) atoms. The Hall–Kier alpha value is -1.75. The van der Waals surface area contributed by atoms with Gasteiger partial charge in [0.15, 0.2) is 0 Å². The second-order valence-electron chi connectivity index (χ2n) is 4.28. The molecular weight excluding hydrogens is 230 g/mol. The highest BCUT2D eigenvalue weighted by Crippen LogP contribution is 2.11. The number of hydrogen-bond acceptors (Lipinski definition) is 3. The maximum absolute atomic E-state index is 11.3. The molecule has 2 rings (SSSR count). The zero-order valence-corrected chi connectivity index (χ0v) is 10.6. The number of methoxy groups -OCH3 is 1. The van der Waals surface area contributed by atoms with Crippen molar-refractivity contribution < 1.29 is 9.53 Å². The molecule has 1 aromatic carbocycles. The van der Waals surface area contributed by atoms with Crippen LogP contribution in [-0.4, -0.2) is 44.2 Å². The first kappa shape index (κ1) is 12.7. The number of carbonyl (C=O) groups excluding carboxylic acids is 1. The maximum atomic E-state index is 11.3. The van der Waals surface area contributed by atoms with Crippen molar-refractivity contribution in [2.24, 2.45) is 0 Å². The Bertz CT molecular complexity index is 409. The molecule has 98 valence electrons. The Morgan fingerprint density at radius 1 is 1.50 bits per heavy atom. The average molecular weight is 249 g/mol. The first-order chi connectivity index (χ1) is 8.79. The van der Waals surface area contributed by atoms with E-state index < -0.39 is 0 Å². The predicted octanol–water partition coefficient (Wildman–Crippen LogP) is 1.27. The lowest BCUT2D eigenvalue weighted by Gasteiger charge is -2.15. The van der Waals surface area contributed by atoms with Crippen LogP contribution in [0.2, 0.25) is 0 Å². The molecule has 0 unspecified atom stereocenters. The van der Waals surface area contributed by atoms with Gasteiger partial charge < -0.3 is 20.3 Å². The van der Waals surface area contributed by atoms with Gasteiger partial charge in [0.05, 0.1) is 6.61 Å². The molecule has 1 aromatic rings. The third-order valence-electron chi connectivity index (χ3n) is 2.89. The summed E-state index contributed by atoms with van der Waals surface area (Å²) in [6.07, 6.45) is 0. The van der Waals surface area contributed by atoms with Gasteiger partial charge in [-0.1, -0.05) is 12.1 Å². The van der Waals surface area contributed by atoms with E-state index in [0.717, 1.165) is 37.4 Å².